The average molecular weight is 251 g/mol. The zero-order chi connectivity index (χ0) is 13.2. The molecule has 0 saturated heterocycles. The molecule has 0 amide bonds. The number of benzene rings is 2. The lowest BCUT2D eigenvalue weighted by Gasteiger charge is -2.09. The highest BCUT2D eigenvalue weighted by Crippen LogP contribution is 2.23. The van der Waals surface area contributed by atoms with Gasteiger partial charge in [0.15, 0.2) is 0 Å². The fourth-order valence-electron chi connectivity index (χ4n) is 2.21. The second kappa shape index (κ2) is 4.61. The van der Waals surface area contributed by atoms with E-state index in [1.54, 1.807) is 0 Å². The molecule has 19 heavy (non-hydrogen) atoms. The molecule has 0 radical (unpaired) electrons. The van der Waals surface area contributed by atoms with Gasteiger partial charge in [-0.05, 0) is 23.3 Å². The third kappa shape index (κ3) is 1.99. The maximum absolute atomic E-state index is 11.7. The molecule has 0 aliphatic heterocycles. The van der Waals surface area contributed by atoms with Crippen molar-refractivity contribution < 1.29 is 4.84 Å². The Morgan fingerprint density at radius 3 is 2.37 bits per heavy atom. The molecule has 0 N–H and O–H groups in total. The maximum Gasteiger partial charge on any atom is 0.283 e. The molecule has 0 aliphatic carbocycles. The number of fused-ring (bicyclic) bond motifs is 1. The van der Waals surface area contributed by atoms with Crippen LogP contribution >= 0.6 is 0 Å². The fourth-order valence-corrected chi connectivity index (χ4v) is 2.21. The van der Waals surface area contributed by atoms with Crippen molar-refractivity contribution in [2.24, 2.45) is 0 Å². The van der Waals surface area contributed by atoms with Crippen LogP contribution in [-0.4, -0.2) is 11.8 Å². The molecule has 3 rings (SSSR count). The molecule has 0 spiro atoms. The second-order valence-corrected chi connectivity index (χ2v) is 4.29. The molecule has 94 valence electrons. The minimum Gasteiger partial charge on any atom is -0.413 e. The Balaban J connectivity index is 2.28. The predicted molar refractivity (Wildman–Crippen MR) is 76.1 cm³/mol. The van der Waals surface area contributed by atoms with Crippen molar-refractivity contribution in [1.29, 1.82) is 0 Å². The van der Waals surface area contributed by atoms with Crippen LogP contribution in [0.5, 0.6) is 0 Å². The lowest BCUT2D eigenvalue weighted by atomic mass is 10.0. The van der Waals surface area contributed by atoms with Gasteiger partial charge in [0.05, 0.1) is 5.52 Å². The largest absolute Gasteiger partial charge is 0.413 e. The van der Waals surface area contributed by atoms with Gasteiger partial charge in [-0.15, -0.1) is 4.73 Å². The minimum absolute atomic E-state index is 0.166. The Labute approximate surface area is 110 Å². The van der Waals surface area contributed by atoms with Crippen LogP contribution in [0.25, 0.3) is 22.0 Å². The van der Waals surface area contributed by atoms with Crippen molar-refractivity contribution in [3.05, 3.63) is 71.0 Å². The quantitative estimate of drug-likeness (QED) is 0.701. The number of aromatic nitrogens is 1. The molecule has 0 saturated carbocycles. The molecular weight excluding hydrogens is 238 g/mol. The molecular formula is C16H13NO2. The summed E-state index contributed by atoms with van der Waals surface area (Å²) in [5.41, 5.74) is 2.78. The second-order valence-electron chi connectivity index (χ2n) is 4.29. The molecule has 3 aromatic rings. The van der Waals surface area contributed by atoms with E-state index in [-0.39, 0.29) is 5.56 Å². The van der Waals surface area contributed by atoms with E-state index >= 15 is 0 Å². The van der Waals surface area contributed by atoms with Crippen molar-refractivity contribution in [3.63, 3.8) is 0 Å². The van der Waals surface area contributed by atoms with E-state index in [2.05, 4.69) is 0 Å². The third-order valence-corrected chi connectivity index (χ3v) is 3.14. The average Bonchev–Trinajstić information content (AvgIpc) is 2.47. The number of hydrogen-bond donors (Lipinski definition) is 0. The van der Waals surface area contributed by atoms with Gasteiger partial charge >= 0.3 is 0 Å². The Morgan fingerprint density at radius 2 is 1.63 bits per heavy atom. The van der Waals surface area contributed by atoms with Crippen LogP contribution in [0.1, 0.15) is 0 Å². The van der Waals surface area contributed by atoms with E-state index in [1.807, 2.05) is 54.6 Å². The molecule has 0 unspecified atom stereocenters. The van der Waals surface area contributed by atoms with Gasteiger partial charge in [0, 0.05) is 11.5 Å². The van der Waals surface area contributed by atoms with E-state index in [4.69, 9.17) is 4.84 Å². The number of pyridine rings is 1. The summed E-state index contributed by atoms with van der Waals surface area (Å²) in [6.45, 7) is 0. The normalized spacial score (nSPS) is 10.6. The summed E-state index contributed by atoms with van der Waals surface area (Å²) in [5.74, 6) is 0. The Kier molecular flexibility index (Phi) is 2.80. The minimum atomic E-state index is -0.166. The highest BCUT2D eigenvalue weighted by molar-refractivity contribution is 5.84. The summed E-state index contributed by atoms with van der Waals surface area (Å²) in [6, 6.07) is 19.4. The van der Waals surface area contributed by atoms with E-state index in [1.165, 1.54) is 17.9 Å². The first kappa shape index (κ1) is 11.5. The molecule has 1 heterocycles. The van der Waals surface area contributed by atoms with E-state index in [0.717, 1.165) is 22.0 Å². The van der Waals surface area contributed by atoms with Gasteiger partial charge < -0.3 is 4.84 Å². The lowest BCUT2D eigenvalue weighted by molar-refractivity contribution is 0.169. The molecule has 3 nitrogen and oxygen atoms in total. The zero-order valence-electron chi connectivity index (χ0n) is 10.5. The van der Waals surface area contributed by atoms with Gasteiger partial charge in [-0.2, -0.15) is 0 Å². The van der Waals surface area contributed by atoms with Crippen LogP contribution in [0.15, 0.2) is 65.5 Å². The van der Waals surface area contributed by atoms with Crippen molar-refractivity contribution in [2.75, 3.05) is 7.11 Å². The summed E-state index contributed by atoms with van der Waals surface area (Å²) < 4.78 is 1.31. The number of rotatable bonds is 2. The molecule has 3 heteroatoms. The molecule has 0 fully saturated rings. The first-order valence-corrected chi connectivity index (χ1v) is 6.05. The Morgan fingerprint density at radius 1 is 0.895 bits per heavy atom. The summed E-state index contributed by atoms with van der Waals surface area (Å²) in [6.07, 6.45) is 0. The Hall–Kier alpha value is -2.55. The number of nitrogens with zero attached hydrogens (tertiary/aromatic N) is 1. The van der Waals surface area contributed by atoms with Crippen molar-refractivity contribution >= 4 is 10.9 Å². The van der Waals surface area contributed by atoms with Gasteiger partial charge in [0.1, 0.15) is 7.11 Å². The molecule has 2 aromatic carbocycles. The SMILES string of the molecule is COn1c(=O)ccc2ccc(-c3ccccc3)cc21. The summed E-state index contributed by atoms with van der Waals surface area (Å²) >= 11 is 0. The van der Waals surface area contributed by atoms with Crippen LogP contribution in [0, 0.1) is 0 Å². The van der Waals surface area contributed by atoms with Crippen LogP contribution in [-0.2, 0) is 0 Å². The van der Waals surface area contributed by atoms with E-state index in [0.29, 0.717) is 0 Å². The first-order valence-electron chi connectivity index (χ1n) is 6.05. The van der Waals surface area contributed by atoms with E-state index in [9.17, 15) is 4.79 Å². The smallest absolute Gasteiger partial charge is 0.283 e. The van der Waals surface area contributed by atoms with E-state index < -0.39 is 0 Å². The van der Waals surface area contributed by atoms with Gasteiger partial charge in [0.25, 0.3) is 5.56 Å². The Bertz CT molecular complexity index is 776. The van der Waals surface area contributed by atoms with Gasteiger partial charge in [-0.25, -0.2) is 0 Å². The number of hydrogen-bond acceptors (Lipinski definition) is 2. The van der Waals surface area contributed by atoms with Crippen LogP contribution in [0.3, 0.4) is 0 Å². The van der Waals surface area contributed by atoms with Crippen LogP contribution < -0.4 is 10.4 Å². The third-order valence-electron chi connectivity index (χ3n) is 3.14. The predicted octanol–water partition coefficient (Wildman–Crippen LogP) is 2.73. The maximum atomic E-state index is 11.7. The van der Waals surface area contributed by atoms with Crippen molar-refractivity contribution in [2.45, 2.75) is 0 Å². The zero-order valence-corrected chi connectivity index (χ0v) is 10.5. The van der Waals surface area contributed by atoms with Crippen LogP contribution in [0.2, 0.25) is 0 Å². The highest BCUT2D eigenvalue weighted by atomic mass is 16.6. The van der Waals surface area contributed by atoms with Gasteiger partial charge in [-0.3, -0.25) is 4.79 Å². The van der Waals surface area contributed by atoms with Gasteiger partial charge in [-0.1, -0.05) is 42.5 Å². The summed E-state index contributed by atoms with van der Waals surface area (Å²) in [4.78, 5) is 16.9. The standard InChI is InChI=1S/C16H13NO2/c1-19-17-15-11-14(12-5-3-2-4-6-12)8-7-13(15)9-10-16(17)18/h2-11H,1H3. The van der Waals surface area contributed by atoms with Gasteiger partial charge in [0.2, 0.25) is 0 Å². The molecule has 0 aliphatic rings. The fraction of sp³-hybridized carbons (Fsp3) is 0.0625. The topological polar surface area (TPSA) is 31.2 Å². The first-order chi connectivity index (χ1) is 9.29. The molecule has 0 bridgehead atoms. The highest BCUT2D eigenvalue weighted by Gasteiger charge is 2.05. The molecule has 0 atom stereocenters. The van der Waals surface area contributed by atoms with Crippen molar-refractivity contribution in [1.82, 2.24) is 4.73 Å². The summed E-state index contributed by atoms with van der Waals surface area (Å²) in [5, 5.41) is 0.973. The van der Waals surface area contributed by atoms with Crippen LogP contribution in [0.4, 0.5) is 0 Å². The monoisotopic (exact) mass is 251 g/mol. The lowest BCUT2D eigenvalue weighted by Crippen LogP contribution is -2.23. The van der Waals surface area contributed by atoms with Crippen molar-refractivity contribution in [3.8, 4) is 11.1 Å². The summed E-state index contributed by atoms with van der Waals surface area (Å²) in [7, 11) is 1.50. The molecule has 1 aromatic heterocycles.